The van der Waals surface area contributed by atoms with E-state index in [9.17, 15) is 4.79 Å². The summed E-state index contributed by atoms with van der Waals surface area (Å²) in [5, 5.41) is 12.4. The number of amides is 1. The van der Waals surface area contributed by atoms with Gasteiger partial charge in [-0.1, -0.05) is 0 Å². The van der Waals surface area contributed by atoms with Crippen molar-refractivity contribution in [3.8, 4) is 0 Å². The van der Waals surface area contributed by atoms with Crippen molar-refractivity contribution < 1.29 is 4.79 Å². The summed E-state index contributed by atoms with van der Waals surface area (Å²) in [6.45, 7) is 0. The van der Waals surface area contributed by atoms with Crippen LogP contribution in [-0.2, 0) is 10.2 Å². The van der Waals surface area contributed by atoms with Crippen LogP contribution in [0.4, 0.5) is 0 Å². The molecule has 4 saturated carbocycles. The molecule has 1 amide bonds. The van der Waals surface area contributed by atoms with Crippen molar-refractivity contribution in [2.45, 2.75) is 62.3 Å². The molecule has 3 heterocycles. The van der Waals surface area contributed by atoms with Crippen LogP contribution in [0.2, 0.25) is 0 Å². The van der Waals surface area contributed by atoms with Crippen molar-refractivity contribution in [2.75, 3.05) is 0 Å². The summed E-state index contributed by atoms with van der Waals surface area (Å²) in [6.07, 6.45) is 12.2. The van der Waals surface area contributed by atoms with Gasteiger partial charge in [-0.2, -0.15) is 0 Å². The van der Waals surface area contributed by atoms with E-state index >= 15 is 0 Å². The molecular weight excluding hydrogens is 328 g/mol. The Bertz CT molecular complexity index is 1000. The molecule has 26 heavy (non-hydrogen) atoms. The summed E-state index contributed by atoms with van der Waals surface area (Å²) in [7, 11) is 0. The summed E-state index contributed by atoms with van der Waals surface area (Å²) in [4.78, 5) is 19.9. The molecule has 0 radical (unpaired) electrons. The number of rotatable bonds is 3. The second-order valence-corrected chi connectivity index (χ2v) is 8.51. The number of hydrogen-bond donors (Lipinski definition) is 2. The van der Waals surface area contributed by atoms with Crippen molar-refractivity contribution in [3.05, 3.63) is 24.3 Å². The Kier molecular flexibility index (Phi) is 2.74. The summed E-state index contributed by atoms with van der Waals surface area (Å²) in [5.41, 5.74) is 2.81. The summed E-state index contributed by atoms with van der Waals surface area (Å²) < 4.78 is 2.18. The standard InChI is InChI=1S/C19H22N6O/c26-16(12-1-2-12)22-19-7-4-18(5-8-19,6-9-19)17-24-23-14-11-21-15-13(25(14)17)3-10-20-15/h3,10-12,20H,1-2,4-9H2,(H,22,26). The molecule has 4 aliphatic rings. The van der Waals surface area contributed by atoms with Crippen molar-refractivity contribution in [1.29, 1.82) is 0 Å². The predicted octanol–water partition coefficient (Wildman–Crippen LogP) is 2.48. The fraction of sp³-hybridized carbons (Fsp3) is 0.579. The molecule has 7 nitrogen and oxygen atoms in total. The lowest BCUT2D eigenvalue weighted by Crippen LogP contribution is -2.58. The Labute approximate surface area is 150 Å². The lowest BCUT2D eigenvalue weighted by molar-refractivity contribution is -0.125. The number of hydrogen-bond acceptors (Lipinski definition) is 4. The van der Waals surface area contributed by atoms with E-state index in [1.807, 2.05) is 12.3 Å². The maximum absolute atomic E-state index is 12.3. The fourth-order valence-electron chi connectivity index (χ4n) is 5.14. The van der Waals surface area contributed by atoms with Gasteiger partial charge in [0.2, 0.25) is 5.91 Å². The Morgan fingerprint density at radius 3 is 2.65 bits per heavy atom. The van der Waals surface area contributed by atoms with E-state index in [0.29, 0.717) is 0 Å². The van der Waals surface area contributed by atoms with Crippen LogP contribution in [0.15, 0.2) is 18.5 Å². The molecule has 0 atom stereocenters. The van der Waals surface area contributed by atoms with E-state index in [1.165, 1.54) is 0 Å². The molecule has 2 N–H and O–H groups in total. The van der Waals surface area contributed by atoms with Crippen LogP contribution >= 0.6 is 0 Å². The highest BCUT2D eigenvalue weighted by atomic mass is 16.2. The summed E-state index contributed by atoms with van der Waals surface area (Å²) in [5.74, 6) is 1.64. The molecule has 134 valence electrons. The van der Waals surface area contributed by atoms with Crippen molar-refractivity contribution in [2.24, 2.45) is 5.92 Å². The minimum Gasteiger partial charge on any atom is -0.350 e. The quantitative estimate of drug-likeness (QED) is 0.759. The normalized spacial score (nSPS) is 30.9. The van der Waals surface area contributed by atoms with E-state index < -0.39 is 0 Å². The molecule has 0 aromatic carbocycles. The SMILES string of the molecule is O=C(NC12CCC(c3nnc4cnc5[nH]ccc5n34)(CC1)CC2)C1CC1. The van der Waals surface area contributed by atoms with Gasteiger partial charge in [0, 0.05) is 23.1 Å². The zero-order valence-corrected chi connectivity index (χ0v) is 14.7. The van der Waals surface area contributed by atoms with Crippen LogP contribution in [0.25, 0.3) is 16.8 Å². The van der Waals surface area contributed by atoms with Gasteiger partial charge >= 0.3 is 0 Å². The van der Waals surface area contributed by atoms with Gasteiger partial charge in [0.05, 0.1) is 11.7 Å². The van der Waals surface area contributed by atoms with Gasteiger partial charge in [-0.3, -0.25) is 9.20 Å². The van der Waals surface area contributed by atoms with Crippen LogP contribution < -0.4 is 5.32 Å². The molecule has 0 aliphatic heterocycles. The van der Waals surface area contributed by atoms with E-state index in [-0.39, 0.29) is 22.8 Å². The minimum absolute atomic E-state index is 0.0207. The molecule has 0 unspecified atom stereocenters. The molecule has 0 spiro atoms. The highest BCUT2D eigenvalue weighted by Gasteiger charge is 2.52. The van der Waals surface area contributed by atoms with Gasteiger partial charge in [0.25, 0.3) is 0 Å². The maximum atomic E-state index is 12.3. The third kappa shape index (κ3) is 1.94. The first-order valence-electron chi connectivity index (χ1n) is 9.68. The van der Waals surface area contributed by atoms with Crippen molar-refractivity contribution in [3.63, 3.8) is 0 Å². The number of aromatic nitrogens is 5. The topological polar surface area (TPSA) is 88.0 Å². The molecular formula is C19H22N6O. The Balaban J connectivity index is 1.36. The Morgan fingerprint density at radius 1 is 1.15 bits per heavy atom. The molecule has 0 saturated heterocycles. The Morgan fingerprint density at radius 2 is 1.92 bits per heavy atom. The van der Waals surface area contributed by atoms with Crippen molar-refractivity contribution in [1.82, 2.24) is 29.9 Å². The van der Waals surface area contributed by atoms with Crippen LogP contribution in [0.3, 0.4) is 0 Å². The third-order valence-electron chi connectivity index (χ3n) is 7.00. The molecule has 7 rings (SSSR count). The largest absolute Gasteiger partial charge is 0.350 e. The summed E-state index contributed by atoms with van der Waals surface area (Å²) in [6, 6.07) is 2.05. The second-order valence-electron chi connectivity index (χ2n) is 8.51. The van der Waals surface area contributed by atoms with Gasteiger partial charge < -0.3 is 10.3 Å². The molecule has 4 fully saturated rings. The average molecular weight is 350 g/mol. The van der Waals surface area contributed by atoms with Gasteiger partial charge in [0.15, 0.2) is 11.3 Å². The lowest BCUT2D eigenvalue weighted by Gasteiger charge is -2.52. The first kappa shape index (κ1) is 14.7. The fourth-order valence-corrected chi connectivity index (χ4v) is 5.14. The zero-order valence-electron chi connectivity index (χ0n) is 14.7. The Hall–Kier alpha value is -2.44. The minimum atomic E-state index is 0.0207. The third-order valence-corrected chi connectivity index (χ3v) is 7.00. The highest BCUT2D eigenvalue weighted by molar-refractivity contribution is 5.81. The van der Waals surface area contributed by atoms with Gasteiger partial charge in [-0.25, -0.2) is 4.98 Å². The van der Waals surface area contributed by atoms with Gasteiger partial charge in [-0.15, -0.1) is 10.2 Å². The predicted molar refractivity (Wildman–Crippen MR) is 95.6 cm³/mol. The number of aromatic amines is 1. The van der Waals surface area contributed by atoms with Gasteiger partial charge in [0.1, 0.15) is 5.82 Å². The van der Waals surface area contributed by atoms with Crippen molar-refractivity contribution >= 4 is 22.7 Å². The maximum Gasteiger partial charge on any atom is 0.223 e. The lowest BCUT2D eigenvalue weighted by atomic mass is 9.57. The number of nitrogens with zero attached hydrogens (tertiary/aromatic N) is 4. The first-order valence-corrected chi connectivity index (χ1v) is 9.68. The van der Waals surface area contributed by atoms with Crippen LogP contribution in [-0.4, -0.2) is 36.0 Å². The van der Waals surface area contributed by atoms with E-state index in [2.05, 4.69) is 29.9 Å². The number of fused-ring (bicyclic) bond motifs is 6. The zero-order chi connectivity index (χ0) is 17.4. The number of nitrogens with one attached hydrogen (secondary N) is 2. The van der Waals surface area contributed by atoms with Crippen LogP contribution in [0.5, 0.6) is 0 Å². The molecule has 2 bridgehead atoms. The van der Waals surface area contributed by atoms with Crippen LogP contribution in [0, 0.1) is 5.92 Å². The second kappa shape index (κ2) is 4.84. The van der Waals surface area contributed by atoms with Crippen LogP contribution in [0.1, 0.15) is 57.2 Å². The number of H-pyrrole nitrogens is 1. The monoisotopic (exact) mass is 350 g/mol. The number of carbonyl (C=O) groups is 1. The van der Waals surface area contributed by atoms with E-state index in [0.717, 1.165) is 74.0 Å². The number of carbonyl (C=O) groups excluding carboxylic acids is 1. The first-order chi connectivity index (χ1) is 12.7. The highest BCUT2D eigenvalue weighted by Crippen LogP contribution is 2.53. The van der Waals surface area contributed by atoms with E-state index in [1.54, 1.807) is 6.20 Å². The molecule has 7 heteroatoms. The molecule has 3 aromatic heterocycles. The molecule has 3 aromatic rings. The summed E-state index contributed by atoms with van der Waals surface area (Å²) >= 11 is 0. The average Bonchev–Trinajstić information content (AvgIpc) is 3.25. The smallest absolute Gasteiger partial charge is 0.223 e. The van der Waals surface area contributed by atoms with E-state index in [4.69, 9.17) is 0 Å². The van der Waals surface area contributed by atoms with Gasteiger partial charge in [-0.05, 0) is 57.4 Å². The molecule has 4 aliphatic carbocycles.